The lowest BCUT2D eigenvalue weighted by Gasteiger charge is -2.21. The molecule has 0 aromatic carbocycles. The number of imidazole rings is 1. The van der Waals surface area contributed by atoms with Crippen molar-refractivity contribution in [3.05, 3.63) is 36.0 Å². The normalized spacial score (nSPS) is 11.0. The number of hydrogen-bond donors (Lipinski definition) is 0. The molecule has 0 saturated heterocycles. The summed E-state index contributed by atoms with van der Waals surface area (Å²) in [6.45, 7) is 5.71. The van der Waals surface area contributed by atoms with Gasteiger partial charge in [0.05, 0.1) is 0 Å². The van der Waals surface area contributed by atoms with Gasteiger partial charge >= 0.3 is 0 Å². The van der Waals surface area contributed by atoms with Gasteiger partial charge in [0.2, 0.25) is 0 Å². The first-order valence-corrected chi connectivity index (χ1v) is 7.59. The van der Waals surface area contributed by atoms with Crippen LogP contribution >= 0.6 is 0 Å². The van der Waals surface area contributed by atoms with Crippen molar-refractivity contribution in [1.82, 2.24) is 14.3 Å². The molecule has 2 rings (SSSR count). The van der Waals surface area contributed by atoms with E-state index in [1.54, 1.807) is 16.7 Å². The molecule has 4 nitrogen and oxygen atoms in total. The van der Waals surface area contributed by atoms with E-state index in [1.807, 2.05) is 4.90 Å². The van der Waals surface area contributed by atoms with E-state index in [2.05, 4.69) is 18.8 Å². The molecule has 2 aromatic rings. The quantitative estimate of drug-likeness (QED) is 0.783. The van der Waals surface area contributed by atoms with Crippen LogP contribution in [0.15, 0.2) is 24.5 Å². The van der Waals surface area contributed by atoms with Gasteiger partial charge in [-0.15, -0.1) is 0 Å². The van der Waals surface area contributed by atoms with Crippen LogP contribution in [0.4, 0.5) is 4.39 Å². The molecule has 0 spiro atoms. The van der Waals surface area contributed by atoms with Gasteiger partial charge in [-0.05, 0) is 25.0 Å². The minimum absolute atomic E-state index is 0.0685. The van der Waals surface area contributed by atoms with Crippen LogP contribution in [-0.2, 0) is 0 Å². The zero-order chi connectivity index (χ0) is 15.2. The highest BCUT2D eigenvalue weighted by atomic mass is 19.1. The highest BCUT2D eigenvalue weighted by Gasteiger charge is 2.18. The number of carbonyl (C=O) groups excluding carboxylic acids is 1. The minimum atomic E-state index is -0.340. The van der Waals surface area contributed by atoms with Crippen molar-refractivity contribution < 1.29 is 9.18 Å². The molecule has 0 N–H and O–H groups in total. The van der Waals surface area contributed by atoms with E-state index < -0.39 is 0 Å². The maximum atomic E-state index is 13.2. The number of aromatic nitrogens is 2. The molecule has 21 heavy (non-hydrogen) atoms. The monoisotopic (exact) mass is 291 g/mol. The summed E-state index contributed by atoms with van der Waals surface area (Å²) in [4.78, 5) is 18.7. The van der Waals surface area contributed by atoms with E-state index in [-0.39, 0.29) is 11.7 Å². The summed E-state index contributed by atoms with van der Waals surface area (Å²) in [5, 5.41) is 0. The summed E-state index contributed by atoms with van der Waals surface area (Å²) in [5.41, 5.74) is 0.971. The Morgan fingerprint density at radius 1 is 1.19 bits per heavy atom. The Balaban J connectivity index is 2.20. The number of amides is 1. The molecule has 0 aliphatic heterocycles. The standard InChI is InChI=1S/C16H22FN3O/c1-3-5-9-19(10-6-4-2)16(21)14-12-20-11-13(17)7-8-15(20)18-14/h7-8,11-12H,3-6,9-10H2,1-2H3. The van der Waals surface area contributed by atoms with Gasteiger partial charge in [-0.3, -0.25) is 4.79 Å². The molecule has 0 aliphatic carbocycles. The van der Waals surface area contributed by atoms with Crippen LogP contribution in [-0.4, -0.2) is 33.3 Å². The first-order valence-electron chi connectivity index (χ1n) is 7.59. The first-order chi connectivity index (χ1) is 10.2. The third kappa shape index (κ3) is 3.80. The van der Waals surface area contributed by atoms with Crippen molar-refractivity contribution in [3.8, 4) is 0 Å². The molecular weight excluding hydrogens is 269 g/mol. The molecular formula is C16H22FN3O. The summed E-state index contributed by atoms with van der Waals surface area (Å²) >= 11 is 0. The van der Waals surface area contributed by atoms with Crippen molar-refractivity contribution in [1.29, 1.82) is 0 Å². The van der Waals surface area contributed by atoms with Gasteiger partial charge in [0, 0.05) is 25.5 Å². The number of carbonyl (C=O) groups is 1. The Hall–Kier alpha value is -1.91. The lowest BCUT2D eigenvalue weighted by atomic mass is 10.2. The van der Waals surface area contributed by atoms with Crippen LogP contribution in [0.25, 0.3) is 5.65 Å². The number of fused-ring (bicyclic) bond motifs is 1. The van der Waals surface area contributed by atoms with E-state index >= 15 is 0 Å². The number of hydrogen-bond acceptors (Lipinski definition) is 2. The summed E-state index contributed by atoms with van der Waals surface area (Å²) in [6.07, 6.45) is 7.00. The molecule has 0 saturated carbocycles. The number of unbranched alkanes of at least 4 members (excludes halogenated alkanes) is 2. The van der Waals surface area contributed by atoms with E-state index in [9.17, 15) is 9.18 Å². The van der Waals surface area contributed by atoms with Crippen LogP contribution in [0.3, 0.4) is 0 Å². The van der Waals surface area contributed by atoms with Crippen molar-refractivity contribution in [2.45, 2.75) is 39.5 Å². The highest BCUT2D eigenvalue weighted by molar-refractivity contribution is 5.92. The van der Waals surface area contributed by atoms with Gasteiger partial charge in [-0.1, -0.05) is 26.7 Å². The topological polar surface area (TPSA) is 37.6 Å². The fourth-order valence-electron chi connectivity index (χ4n) is 2.24. The third-order valence-corrected chi connectivity index (χ3v) is 3.48. The second-order valence-electron chi connectivity index (χ2n) is 5.24. The molecule has 2 aromatic heterocycles. The second-order valence-corrected chi connectivity index (χ2v) is 5.24. The SMILES string of the molecule is CCCCN(CCCC)C(=O)c1cn2cc(F)ccc2n1. The highest BCUT2D eigenvalue weighted by Crippen LogP contribution is 2.11. The van der Waals surface area contributed by atoms with Gasteiger partial charge in [0.15, 0.2) is 0 Å². The van der Waals surface area contributed by atoms with Gasteiger partial charge in [0.1, 0.15) is 17.2 Å². The molecule has 0 bridgehead atoms. The van der Waals surface area contributed by atoms with E-state index in [0.717, 1.165) is 38.8 Å². The molecule has 0 radical (unpaired) electrons. The van der Waals surface area contributed by atoms with E-state index in [4.69, 9.17) is 0 Å². The Labute approximate surface area is 124 Å². The largest absolute Gasteiger partial charge is 0.337 e. The van der Waals surface area contributed by atoms with Crippen LogP contribution < -0.4 is 0 Å². The van der Waals surface area contributed by atoms with Gasteiger partial charge in [0.25, 0.3) is 5.91 Å². The fourth-order valence-corrected chi connectivity index (χ4v) is 2.24. The average Bonchev–Trinajstić information content (AvgIpc) is 2.89. The van der Waals surface area contributed by atoms with Gasteiger partial charge in [-0.25, -0.2) is 9.37 Å². The smallest absolute Gasteiger partial charge is 0.274 e. The van der Waals surface area contributed by atoms with Crippen molar-refractivity contribution in [2.75, 3.05) is 13.1 Å². The maximum Gasteiger partial charge on any atom is 0.274 e. The van der Waals surface area contributed by atoms with Crippen LogP contribution in [0.5, 0.6) is 0 Å². The Morgan fingerprint density at radius 2 is 1.86 bits per heavy atom. The van der Waals surface area contributed by atoms with Crippen molar-refractivity contribution in [2.24, 2.45) is 0 Å². The molecule has 0 fully saturated rings. The van der Waals surface area contributed by atoms with E-state index in [0.29, 0.717) is 11.3 Å². The predicted octanol–water partition coefficient (Wildman–Crippen LogP) is 3.52. The first kappa shape index (κ1) is 15.5. The summed E-state index contributed by atoms with van der Waals surface area (Å²) in [5.74, 6) is -0.409. The predicted molar refractivity (Wildman–Crippen MR) is 80.9 cm³/mol. The van der Waals surface area contributed by atoms with Crippen molar-refractivity contribution in [3.63, 3.8) is 0 Å². The van der Waals surface area contributed by atoms with E-state index in [1.165, 1.54) is 12.3 Å². The Bertz CT molecular complexity index is 601. The number of pyridine rings is 1. The fraction of sp³-hybridized carbons (Fsp3) is 0.500. The third-order valence-electron chi connectivity index (χ3n) is 3.48. The average molecular weight is 291 g/mol. The molecule has 2 heterocycles. The van der Waals surface area contributed by atoms with Gasteiger partial charge < -0.3 is 9.30 Å². The molecule has 1 amide bonds. The Morgan fingerprint density at radius 3 is 2.48 bits per heavy atom. The molecule has 0 unspecified atom stereocenters. The Kier molecular flexibility index (Phi) is 5.31. The molecule has 5 heteroatoms. The zero-order valence-electron chi connectivity index (χ0n) is 12.7. The molecule has 0 aliphatic rings. The number of halogens is 1. The van der Waals surface area contributed by atoms with Crippen LogP contribution in [0.1, 0.15) is 50.0 Å². The minimum Gasteiger partial charge on any atom is -0.337 e. The zero-order valence-corrected chi connectivity index (χ0v) is 12.7. The van der Waals surface area contributed by atoms with Crippen LogP contribution in [0, 0.1) is 5.82 Å². The summed E-state index contributed by atoms with van der Waals surface area (Å²) in [6, 6.07) is 2.93. The molecule has 0 atom stereocenters. The number of nitrogens with zero attached hydrogens (tertiary/aromatic N) is 3. The maximum absolute atomic E-state index is 13.2. The van der Waals surface area contributed by atoms with Gasteiger partial charge in [-0.2, -0.15) is 0 Å². The van der Waals surface area contributed by atoms with Crippen molar-refractivity contribution >= 4 is 11.6 Å². The number of rotatable bonds is 7. The summed E-state index contributed by atoms with van der Waals surface area (Å²) in [7, 11) is 0. The molecule has 114 valence electrons. The lowest BCUT2D eigenvalue weighted by Crippen LogP contribution is -2.33. The van der Waals surface area contributed by atoms with Crippen LogP contribution in [0.2, 0.25) is 0 Å². The lowest BCUT2D eigenvalue weighted by molar-refractivity contribution is 0.0746. The second kappa shape index (κ2) is 7.20. The summed E-state index contributed by atoms with van der Waals surface area (Å²) < 4.78 is 14.8.